The third kappa shape index (κ3) is 2.70. The highest BCUT2D eigenvalue weighted by atomic mass is 16.5. The van der Waals surface area contributed by atoms with Crippen LogP contribution in [0.4, 0.5) is 0 Å². The lowest BCUT2D eigenvalue weighted by atomic mass is 9.91. The van der Waals surface area contributed by atoms with Gasteiger partial charge in [-0.15, -0.1) is 0 Å². The molecule has 2 aromatic rings. The number of rotatable bonds is 6. The lowest BCUT2D eigenvalue weighted by molar-refractivity contribution is 0.384. The van der Waals surface area contributed by atoms with E-state index in [1.54, 1.807) is 13.3 Å². The normalized spacial score (nSPS) is 14.0. The summed E-state index contributed by atoms with van der Waals surface area (Å²) in [6.07, 6.45) is 1.79. The molecule has 0 spiro atoms. The zero-order chi connectivity index (χ0) is 14.5. The second-order valence-corrected chi connectivity index (χ2v) is 4.88. The molecule has 4 nitrogen and oxygen atoms in total. The molecule has 2 unspecified atom stereocenters. The van der Waals surface area contributed by atoms with Crippen LogP contribution in [-0.2, 0) is 6.54 Å². The van der Waals surface area contributed by atoms with E-state index < -0.39 is 0 Å². The van der Waals surface area contributed by atoms with Gasteiger partial charge >= 0.3 is 0 Å². The van der Waals surface area contributed by atoms with Gasteiger partial charge in [0.05, 0.1) is 25.0 Å². The summed E-state index contributed by atoms with van der Waals surface area (Å²) >= 11 is 0. The van der Waals surface area contributed by atoms with Crippen LogP contribution in [-0.4, -0.2) is 23.9 Å². The van der Waals surface area contributed by atoms with Gasteiger partial charge in [-0.05, 0) is 19.5 Å². The minimum absolute atomic E-state index is 0.162. The molecular formula is C16H23N3O. The van der Waals surface area contributed by atoms with Gasteiger partial charge in [0.25, 0.3) is 0 Å². The Kier molecular flexibility index (Phi) is 4.79. The van der Waals surface area contributed by atoms with Crippen LogP contribution in [0.15, 0.2) is 36.5 Å². The van der Waals surface area contributed by atoms with E-state index >= 15 is 0 Å². The van der Waals surface area contributed by atoms with E-state index in [-0.39, 0.29) is 6.04 Å². The van der Waals surface area contributed by atoms with Gasteiger partial charge < -0.3 is 10.1 Å². The summed E-state index contributed by atoms with van der Waals surface area (Å²) < 4.78 is 7.47. The fourth-order valence-electron chi connectivity index (χ4n) is 2.67. The molecule has 0 radical (unpaired) electrons. The summed E-state index contributed by atoms with van der Waals surface area (Å²) in [5.41, 5.74) is 2.41. The van der Waals surface area contributed by atoms with Crippen LogP contribution in [0.3, 0.4) is 0 Å². The predicted octanol–water partition coefficient (Wildman–Crippen LogP) is 2.98. The average Bonchev–Trinajstić information content (AvgIpc) is 2.91. The summed E-state index contributed by atoms with van der Waals surface area (Å²) in [5.74, 6) is 1.17. The quantitative estimate of drug-likeness (QED) is 0.879. The van der Waals surface area contributed by atoms with Crippen molar-refractivity contribution in [2.45, 2.75) is 32.4 Å². The number of hydrogen-bond acceptors (Lipinski definition) is 3. The molecule has 0 fully saturated rings. The molecule has 0 bridgehead atoms. The van der Waals surface area contributed by atoms with Crippen LogP contribution in [0.2, 0.25) is 0 Å². The number of hydrogen-bond donors (Lipinski definition) is 1. The molecule has 2 rings (SSSR count). The Morgan fingerprint density at radius 3 is 2.55 bits per heavy atom. The first-order valence-corrected chi connectivity index (χ1v) is 7.04. The first-order chi connectivity index (χ1) is 9.72. The third-order valence-corrected chi connectivity index (χ3v) is 3.80. The first kappa shape index (κ1) is 14.6. The molecule has 0 amide bonds. The summed E-state index contributed by atoms with van der Waals surface area (Å²) in [6.45, 7) is 5.15. The Labute approximate surface area is 120 Å². The Hall–Kier alpha value is -1.81. The first-order valence-electron chi connectivity index (χ1n) is 7.04. The fraction of sp³-hybridized carbons (Fsp3) is 0.438. The van der Waals surface area contributed by atoms with Crippen molar-refractivity contribution in [2.75, 3.05) is 14.2 Å². The smallest absolute Gasteiger partial charge is 0.161 e. The zero-order valence-electron chi connectivity index (χ0n) is 12.6. The molecule has 0 aliphatic heterocycles. The topological polar surface area (TPSA) is 39.1 Å². The molecule has 0 aliphatic rings. The minimum atomic E-state index is 0.162. The van der Waals surface area contributed by atoms with Crippen LogP contribution in [0.1, 0.15) is 37.1 Å². The van der Waals surface area contributed by atoms with Gasteiger partial charge in [0, 0.05) is 12.5 Å². The van der Waals surface area contributed by atoms with Gasteiger partial charge in [-0.3, -0.25) is 4.68 Å². The number of likely N-dealkylation sites (N-methyl/N-ethyl adjacent to an activating group) is 1. The van der Waals surface area contributed by atoms with Crippen molar-refractivity contribution in [3.8, 4) is 5.75 Å². The minimum Gasteiger partial charge on any atom is -0.493 e. The summed E-state index contributed by atoms with van der Waals surface area (Å²) in [7, 11) is 3.68. The highest BCUT2D eigenvalue weighted by molar-refractivity contribution is 5.32. The van der Waals surface area contributed by atoms with Gasteiger partial charge in [0.2, 0.25) is 0 Å². The van der Waals surface area contributed by atoms with Crippen molar-refractivity contribution in [3.05, 3.63) is 47.8 Å². The lowest BCUT2D eigenvalue weighted by Gasteiger charge is -2.25. The lowest BCUT2D eigenvalue weighted by Crippen LogP contribution is -2.25. The van der Waals surface area contributed by atoms with Crippen LogP contribution in [0.5, 0.6) is 5.75 Å². The maximum Gasteiger partial charge on any atom is 0.161 e. The van der Waals surface area contributed by atoms with E-state index in [2.05, 4.69) is 48.5 Å². The fourth-order valence-corrected chi connectivity index (χ4v) is 2.67. The largest absolute Gasteiger partial charge is 0.493 e. The highest BCUT2D eigenvalue weighted by Gasteiger charge is 2.26. The molecule has 1 aromatic heterocycles. The number of benzene rings is 1. The molecule has 0 saturated carbocycles. The molecule has 0 saturated heterocycles. The molecule has 2 atom stereocenters. The monoisotopic (exact) mass is 273 g/mol. The molecule has 1 N–H and O–H groups in total. The Morgan fingerprint density at radius 2 is 2.00 bits per heavy atom. The Bertz CT molecular complexity index is 514. The van der Waals surface area contributed by atoms with Gasteiger partial charge in [0.15, 0.2) is 5.75 Å². The number of methoxy groups -OCH3 is 1. The van der Waals surface area contributed by atoms with Crippen molar-refractivity contribution in [3.63, 3.8) is 0 Å². The number of nitrogens with zero attached hydrogens (tertiary/aromatic N) is 2. The van der Waals surface area contributed by atoms with E-state index in [4.69, 9.17) is 4.74 Å². The zero-order valence-corrected chi connectivity index (χ0v) is 12.6. The molecule has 108 valence electrons. The Morgan fingerprint density at radius 1 is 1.30 bits per heavy atom. The molecule has 1 heterocycles. The van der Waals surface area contributed by atoms with Crippen LogP contribution < -0.4 is 10.1 Å². The van der Waals surface area contributed by atoms with Crippen LogP contribution in [0.25, 0.3) is 0 Å². The van der Waals surface area contributed by atoms with E-state index in [1.165, 1.54) is 5.56 Å². The average molecular weight is 273 g/mol. The second kappa shape index (κ2) is 6.57. The van der Waals surface area contributed by atoms with Crippen molar-refractivity contribution >= 4 is 0 Å². The second-order valence-electron chi connectivity index (χ2n) is 4.88. The van der Waals surface area contributed by atoms with Crippen molar-refractivity contribution in [1.82, 2.24) is 15.1 Å². The summed E-state index contributed by atoms with van der Waals surface area (Å²) in [5, 5.41) is 7.81. The van der Waals surface area contributed by atoms with Crippen molar-refractivity contribution < 1.29 is 4.74 Å². The maximum atomic E-state index is 5.47. The van der Waals surface area contributed by atoms with Gasteiger partial charge in [-0.2, -0.15) is 5.10 Å². The van der Waals surface area contributed by atoms with E-state index in [9.17, 15) is 0 Å². The third-order valence-electron chi connectivity index (χ3n) is 3.80. The molecule has 1 aromatic carbocycles. The van der Waals surface area contributed by atoms with E-state index in [0.717, 1.165) is 18.0 Å². The summed E-state index contributed by atoms with van der Waals surface area (Å²) in [6, 6.07) is 10.7. The predicted molar refractivity (Wildman–Crippen MR) is 81.1 cm³/mol. The number of ether oxygens (including phenoxy) is 1. The van der Waals surface area contributed by atoms with E-state index in [1.807, 2.05) is 17.8 Å². The van der Waals surface area contributed by atoms with Gasteiger partial charge in [-0.25, -0.2) is 0 Å². The van der Waals surface area contributed by atoms with Crippen molar-refractivity contribution in [2.24, 2.45) is 0 Å². The van der Waals surface area contributed by atoms with Crippen LogP contribution in [0, 0.1) is 0 Å². The SMILES string of the molecule is CCn1ncc(OC)c1C(NC)C(C)c1ccccc1. The highest BCUT2D eigenvalue weighted by Crippen LogP contribution is 2.35. The van der Waals surface area contributed by atoms with Gasteiger partial charge in [-0.1, -0.05) is 37.3 Å². The number of nitrogens with one attached hydrogen (secondary N) is 1. The maximum absolute atomic E-state index is 5.47. The van der Waals surface area contributed by atoms with Crippen molar-refractivity contribution in [1.29, 1.82) is 0 Å². The molecule has 4 heteroatoms. The molecule has 20 heavy (non-hydrogen) atoms. The molecular weight excluding hydrogens is 250 g/mol. The summed E-state index contributed by atoms with van der Waals surface area (Å²) in [4.78, 5) is 0. The number of aromatic nitrogens is 2. The van der Waals surface area contributed by atoms with E-state index in [0.29, 0.717) is 5.92 Å². The van der Waals surface area contributed by atoms with Crippen LogP contribution >= 0.6 is 0 Å². The Balaban J connectivity index is 2.39. The standard InChI is InChI=1S/C16H23N3O/c1-5-19-16(14(20-4)11-18-19)15(17-3)12(2)13-9-7-6-8-10-13/h6-12,15,17H,5H2,1-4H3. The number of aryl methyl sites for hydroxylation is 1. The van der Waals surface area contributed by atoms with Gasteiger partial charge in [0.1, 0.15) is 0 Å². The molecule has 0 aliphatic carbocycles.